The summed E-state index contributed by atoms with van der Waals surface area (Å²) in [5, 5.41) is 10.8. The molecular weight excluding hydrogens is 345 g/mol. The first kappa shape index (κ1) is 18.8. The van der Waals surface area contributed by atoms with Gasteiger partial charge in [0.15, 0.2) is 0 Å². The zero-order chi connectivity index (χ0) is 19.6. The van der Waals surface area contributed by atoms with Gasteiger partial charge in [0, 0.05) is 17.7 Å². The van der Waals surface area contributed by atoms with Crippen LogP contribution in [0.3, 0.4) is 0 Å². The van der Waals surface area contributed by atoms with Gasteiger partial charge in [0.05, 0.1) is 11.6 Å². The van der Waals surface area contributed by atoms with E-state index in [-0.39, 0.29) is 16.9 Å². The van der Waals surface area contributed by atoms with Crippen molar-refractivity contribution in [2.45, 2.75) is 32.7 Å². The average Bonchev–Trinajstić information content (AvgIpc) is 2.91. The number of benzene rings is 2. The summed E-state index contributed by atoms with van der Waals surface area (Å²) < 4.78 is 14.5. The van der Waals surface area contributed by atoms with Crippen LogP contribution < -0.4 is 0 Å². The quantitative estimate of drug-likeness (QED) is 0.485. The van der Waals surface area contributed by atoms with Gasteiger partial charge in [-0.25, -0.2) is 4.39 Å². The van der Waals surface area contributed by atoms with E-state index in [0.29, 0.717) is 18.5 Å². The minimum atomic E-state index is -0.931. The Bertz CT molecular complexity index is 902. The van der Waals surface area contributed by atoms with Crippen molar-refractivity contribution in [3.63, 3.8) is 0 Å². The number of ketones is 1. The molecule has 0 aromatic heterocycles. The Morgan fingerprint density at radius 2 is 1.78 bits per heavy atom. The normalized spacial score (nSPS) is 18.9. The molecule has 4 nitrogen and oxygen atoms in total. The molecule has 0 aliphatic carbocycles. The van der Waals surface area contributed by atoms with Crippen LogP contribution in [0.15, 0.2) is 54.1 Å². The van der Waals surface area contributed by atoms with Gasteiger partial charge in [-0.1, -0.05) is 61.4 Å². The van der Waals surface area contributed by atoms with Crippen LogP contribution in [0.5, 0.6) is 0 Å². The Balaban J connectivity index is 2.18. The lowest BCUT2D eigenvalue weighted by Crippen LogP contribution is -2.31. The fourth-order valence-electron chi connectivity index (χ4n) is 3.33. The topological polar surface area (TPSA) is 57.6 Å². The number of aliphatic hydroxyl groups is 1. The van der Waals surface area contributed by atoms with E-state index in [0.717, 1.165) is 12.0 Å². The van der Waals surface area contributed by atoms with Gasteiger partial charge in [-0.3, -0.25) is 9.59 Å². The Labute approximate surface area is 157 Å². The lowest BCUT2D eigenvalue weighted by atomic mass is 9.94. The number of aliphatic hydroxyl groups excluding tert-OH is 1. The summed E-state index contributed by atoms with van der Waals surface area (Å²) in [6.45, 7) is 4.21. The number of Topliss-reactive ketones (excluding diaryl/α,β-unsaturated/α-hetero) is 1. The first-order chi connectivity index (χ1) is 13.0. The molecule has 1 fully saturated rings. The van der Waals surface area contributed by atoms with E-state index in [2.05, 4.69) is 0 Å². The number of halogens is 1. The second kappa shape index (κ2) is 7.74. The van der Waals surface area contributed by atoms with Crippen molar-refractivity contribution in [3.05, 3.63) is 76.6 Å². The number of hydrogen-bond donors (Lipinski definition) is 1. The third-order valence-corrected chi connectivity index (χ3v) is 4.82. The first-order valence-electron chi connectivity index (χ1n) is 9.05. The molecule has 1 unspecified atom stereocenters. The van der Waals surface area contributed by atoms with Crippen molar-refractivity contribution in [3.8, 4) is 0 Å². The molecular formula is C22H22FNO3. The minimum Gasteiger partial charge on any atom is -0.507 e. The fourth-order valence-corrected chi connectivity index (χ4v) is 3.33. The summed E-state index contributed by atoms with van der Waals surface area (Å²) in [6, 6.07) is 12.1. The van der Waals surface area contributed by atoms with E-state index in [1.54, 1.807) is 42.5 Å². The molecule has 1 amide bonds. The predicted molar refractivity (Wildman–Crippen MR) is 101 cm³/mol. The monoisotopic (exact) mass is 367 g/mol. The van der Waals surface area contributed by atoms with Crippen LogP contribution in [-0.4, -0.2) is 28.2 Å². The molecule has 1 aliphatic heterocycles. The van der Waals surface area contributed by atoms with E-state index in [1.807, 2.05) is 13.8 Å². The van der Waals surface area contributed by atoms with Gasteiger partial charge in [-0.2, -0.15) is 0 Å². The van der Waals surface area contributed by atoms with Crippen molar-refractivity contribution in [2.24, 2.45) is 0 Å². The molecule has 27 heavy (non-hydrogen) atoms. The van der Waals surface area contributed by atoms with Gasteiger partial charge >= 0.3 is 0 Å². The lowest BCUT2D eigenvalue weighted by molar-refractivity contribution is -0.139. The van der Waals surface area contributed by atoms with Gasteiger partial charge in [0.2, 0.25) is 0 Å². The van der Waals surface area contributed by atoms with Crippen LogP contribution in [0, 0.1) is 12.7 Å². The molecule has 3 rings (SSSR count). The Kier molecular flexibility index (Phi) is 5.40. The summed E-state index contributed by atoms with van der Waals surface area (Å²) in [5.74, 6) is -2.27. The second-order valence-electron chi connectivity index (χ2n) is 6.73. The Hall–Kier alpha value is -2.95. The highest BCUT2D eigenvalue weighted by Crippen LogP contribution is 2.40. The molecule has 0 radical (unpaired) electrons. The van der Waals surface area contributed by atoms with E-state index in [9.17, 15) is 19.1 Å². The maximum absolute atomic E-state index is 14.5. The van der Waals surface area contributed by atoms with Crippen LogP contribution >= 0.6 is 0 Å². The Morgan fingerprint density at radius 1 is 1.11 bits per heavy atom. The summed E-state index contributed by atoms with van der Waals surface area (Å²) in [5.41, 5.74) is 1.57. The number of nitrogens with zero attached hydrogens (tertiary/aromatic N) is 1. The van der Waals surface area contributed by atoms with Gasteiger partial charge in [0.1, 0.15) is 11.6 Å². The maximum atomic E-state index is 14.5. The van der Waals surface area contributed by atoms with Crippen molar-refractivity contribution in [2.75, 3.05) is 6.54 Å². The highest BCUT2D eigenvalue weighted by Gasteiger charge is 2.46. The molecule has 140 valence electrons. The van der Waals surface area contributed by atoms with Crippen molar-refractivity contribution in [1.82, 2.24) is 4.90 Å². The van der Waals surface area contributed by atoms with Crippen LogP contribution in [0.4, 0.5) is 4.39 Å². The summed E-state index contributed by atoms with van der Waals surface area (Å²) >= 11 is 0. The minimum absolute atomic E-state index is 0.0648. The second-order valence-corrected chi connectivity index (χ2v) is 6.73. The Morgan fingerprint density at radius 3 is 2.41 bits per heavy atom. The molecule has 1 heterocycles. The fraction of sp³-hybridized carbons (Fsp3) is 0.273. The van der Waals surface area contributed by atoms with Crippen LogP contribution in [0.25, 0.3) is 5.76 Å². The standard InChI is InChI=1S/C22H22FNO3/c1-3-4-13-24-19(16-7-5-6-8-17(16)23)18(21(26)22(24)27)20(25)15-11-9-14(2)10-12-15/h5-12,19,25H,3-4,13H2,1-2H3/b20-18+. The van der Waals surface area contributed by atoms with E-state index < -0.39 is 23.5 Å². The summed E-state index contributed by atoms with van der Waals surface area (Å²) in [6.07, 6.45) is 1.51. The smallest absolute Gasteiger partial charge is 0.295 e. The van der Waals surface area contributed by atoms with Gasteiger partial charge in [0.25, 0.3) is 11.7 Å². The van der Waals surface area contributed by atoms with E-state index in [4.69, 9.17) is 0 Å². The van der Waals surface area contributed by atoms with Gasteiger partial charge in [-0.15, -0.1) is 0 Å². The third kappa shape index (κ3) is 3.50. The van der Waals surface area contributed by atoms with Crippen molar-refractivity contribution < 1.29 is 19.1 Å². The number of hydrogen-bond acceptors (Lipinski definition) is 3. The van der Waals surface area contributed by atoms with Crippen molar-refractivity contribution >= 4 is 17.4 Å². The molecule has 1 aliphatic rings. The number of amides is 1. The largest absolute Gasteiger partial charge is 0.507 e. The zero-order valence-electron chi connectivity index (χ0n) is 15.4. The maximum Gasteiger partial charge on any atom is 0.295 e. The molecule has 2 aromatic rings. The molecule has 0 bridgehead atoms. The first-order valence-corrected chi connectivity index (χ1v) is 9.05. The van der Waals surface area contributed by atoms with Crippen molar-refractivity contribution in [1.29, 1.82) is 0 Å². The SMILES string of the molecule is CCCCN1C(=O)C(=O)/C(=C(/O)c2ccc(C)cc2)C1c1ccccc1F. The molecule has 2 aromatic carbocycles. The predicted octanol–water partition coefficient (Wildman–Crippen LogP) is 4.36. The van der Waals surface area contributed by atoms with E-state index >= 15 is 0 Å². The number of likely N-dealkylation sites (tertiary alicyclic amines) is 1. The molecule has 1 saturated heterocycles. The van der Waals surface area contributed by atoms with Crippen LogP contribution in [0.2, 0.25) is 0 Å². The van der Waals surface area contributed by atoms with Crippen LogP contribution in [-0.2, 0) is 9.59 Å². The molecule has 0 spiro atoms. The van der Waals surface area contributed by atoms with Gasteiger partial charge in [-0.05, 0) is 19.4 Å². The molecule has 0 saturated carbocycles. The highest BCUT2D eigenvalue weighted by atomic mass is 19.1. The number of unbranched alkanes of at least 4 members (excludes halogenated alkanes) is 1. The number of aryl methyl sites for hydroxylation is 1. The van der Waals surface area contributed by atoms with Gasteiger partial charge < -0.3 is 10.0 Å². The highest BCUT2D eigenvalue weighted by molar-refractivity contribution is 6.46. The number of carbonyl (C=O) groups is 2. The average molecular weight is 367 g/mol. The molecule has 1 atom stereocenters. The number of carbonyl (C=O) groups excluding carboxylic acids is 2. The van der Waals surface area contributed by atoms with Crippen LogP contribution in [0.1, 0.15) is 42.5 Å². The summed E-state index contributed by atoms with van der Waals surface area (Å²) in [4.78, 5) is 26.7. The molecule has 1 N–H and O–H groups in total. The third-order valence-electron chi connectivity index (χ3n) is 4.82. The summed E-state index contributed by atoms with van der Waals surface area (Å²) in [7, 11) is 0. The number of rotatable bonds is 5. The molecule has 5 heteroatoms. The lowest BCUT2D eigenvalue weighted by Gasteiger charge is -2.25. The van der Waals surface area contributed by atoms with E-state index in [1.165, 1.54) is 11.0 Å². The zero-order valence-corrected chi connectivity index (χ0v) is 15.4.